The van der Waals surface area contributed by atoms with Gasteiger partial charge in [-0.3, -0.25) is 4.79 Å². The van der Waals surface area contributed by atoms with Crippen LogP contribution in [0.5, 0.6) is 0 Å². The Bertz CT molecular complexity index is 957. The quantitative estimate of drug-likeness (QED) is 0.764. The molecule has 0 bridgehead atoms. The van der Waals surface area contributed by atoms with Gasteiger partial charge in [-0.25, -0.2) is 13.8 Å². The van der Waals surface area contributed by atoms with Gasteiger partial charge in [-0.1, -0.05) is 30.3 Å². The van der Waals surface area contributed by atoms with Crippen LogP contribution in [0.15, 0.2) is 40.5 Å². The number of alkyl halides is 2. The molecule has 1 aliphatic rings. The topological polar surface area (TPSA) is 71.8 Å². The normalized spacial score (nSPS) is 18.5. The van der Waals surface area contributed by atoms with Crippen molar-refractivity contribution in [1.29, 1.82) is 0 Å². The maximum atomic E-state index is 13.4. The van der Waals surface area contributed by atoms with Crippen molar-refractivity contribution in [2.24, 2.45) is 5.73 Å². The number of rotatable bonds is 3. The van der Waals surface area contributed by atoms with E-state index in [9.17, 15) is 13.6 Å². The fourth-order valence-corrected chi connectivity index (χ4v) is 4.33. The molecule has 24 heavy (non-hydrogen) atoms. The Morgan fingerprint density at radius 1 is 1.25 bits per heavy atom. The van der Waals surface area contributed by atoms with Gasteiger partial charge in [0.1, 0.15) is 10.7 Å². The highest BCUT2D eigenvalue weighted by Crippen LogP contribution is 2.51. The van der Waals surface area contributed by atoms with Crippen LogP contribution in [0.25, 0.3) is 21.3 Å². The van der Waals surface area contributed by atoms with Crippen molar-refractivity contribution in [1.82, 2.24) is 9.97 Å². The van der Waals surface area contributed by atoms with E-state index in [4.69, 9.17) is 5.73 Å². The van der Waals surface area contributed by atoms with Crippen LogP contribution >= 0.6 is 11.3 Å². The lowest BCUT2D eigenvalue weighted by Crippen LogP contribution is -2.55. The lowest BCUT2D eigenvalue weighted by molar-refractivity contribution is -0.126. The van der Waals surface area contributed by atoms with Crippen LogP contribution in [0, 0.1) is 0 Å². The van der Waals surface area contributed by atoms with E-state index in [1.165, 1.54) is 11.3 Å². The van der Waals surface area contributed by atoms with Gasteiger partial charge in [0.25, 0.3) is 5.56 Å². The second kappa shape index (κ2) is 5.19. The first-order valence-corrected chi connectivity index (χ1v) is 8.47. The van der Waals surface area contributed by atoms with Crippen LogP contribution < -0.4 is 11.3 Å². The number of hydrogen-bond donors (Lipinski definition) is 2. The lowest BCUT2D eigenvalue weighted by Gasteiger charge is -2.45. The Morgan fingerprint density at radius 2 is 1.96 bits per heavy atom. The zero-order valence-electron chi connectivity index (χ0n) is 12.7. The average molecular weight is 347 g/mol. The van der Waals surface area contributed by atoms with Gasteiger partial charge < -0.3 is 10.7 Å². The second-order valence-corrected chi connectivity index (χ2v) is 7.16. The molecule has 0 atom stereocenters. The summed E-state index contributed by atoms with van der Waals surface area (Å²) in [6.45, 7) is 0.0357. The first-order chi connectivity index (χ1) is 11.4. The van der Waals surface area contributed by atoms with E-state index < -0.39 is 11.3 Å². The summed E-state index contributed by atoms with van der Waals surface area (Å²) in [6, 6.07) is 9.54. The molecule has 124 valence electrons. The minimum absolute atomic E-state index is 0.0357. The van der Waals surface area contributed by atoms with Crippen LogP contribution in [0.4, 0.5) is 8.78 Å². The molecule has 3 N–H and O–H groups in total. The monoisotopic (exact) mass is 347 g/mol. The minimum Gasteiger partial charge on any atom is -0.329 e. The highest BCUT2D eigenvalue weighted by atomic mass is 32.1. The average Bonchev–Trinajstić information content (AvgIpc) is 2.97. The van der Waals surface area contributed by atoms with Gasteiger partial charge in [-0.05, 0) is 5.56 Å². The summed E-state index contributed by atoms with van der Waals surface area (Å²) < 4.78 is 26.7. The Balaban J connectivity index is 1.85. The number of benzene rings is 1. The molecule has 4 rings (SSSR count). The predicted octanol–water partition coefficient (Wildman–Crippen LogP) is 3.28. The van der Waals surface area contributed by atoms with Gasteiger partial charge in [0.05, 0.1) is 10.8 Å². The molecular formula is C17H15F2N3OS. The van der Waals surface area contributed by atoms with E-state index in [1.54, 1.807) is 0 Å². The minimum atomic E-state index is -2.74. The standard InChI is InChI=1S/C17H15F2N3OS/c18-17(19)7-16(8-17,9-20)15-21-13(23)12-11(6-24-14(12)22-15)10-4-2-1-3-5-10/h1-6H,7-9,20H2,(H,21,22,23). The molecule has 0 unspecified atom stereocenters. The van der Waals surface area contributed by atoms with E-state index in [0.717, 1.165) is 11.1 Å². The van der Waals surface area contributed by atoms with Crippen molar-refractivity contribution < 1.29 is 8.78 Å². The molecule has 2 aromatic heterocycles. The number of nitrogens with two attached hydrogens (primary N) is 1. The Labute approximate surface area is 140 Å². The summed E-state index contributed by atoms with van der Waals surface area (Å²) in [5.74, 6) is -2.47. The highest BCUT2D eigenvalue weighted by molar-refractivity contribution is 7.17. The zero-order valence-corrected chi connectivity index (χ0v) is 13.5. The number of aromatic nitrogens is 2. The maximum Gasteiger partial charge on any atom is 0.260 e. The van der Waals surface area contributed by atoms with Gasteiger partial charge in [0.2, 0.25) is 5.92 Å². The Kier molecular flexibility index (Phi) is 3.33. The molecule has 2 heterocycles. The van der Waals surface area contributed by atoms with Crippen molar-refractivity contribution in [3.63, 3.8) is 0 Å². The molecule has 1 saturated carbocycles. The summed E-state index contributed by atoms with van der Waals surface area (Å²) in [5, 5.41) is 2.37. The van der Waals surface area contributed by atoms with Crippen LogP contribution in [-0.4, -0.2) is 22.4 Å². The molecule has 1 fully saturated rings. The summed E-state index contributed by atoms with van der Waals surface area (Å²) >= 11 is 1.34. The van der Waals surface area contributed by atoms with Crippen LogP contribution in [0.1, 0.15) is 18.7 Å². The predicted molar refractivity (Wildman–Crippen MR) is 90.6 cm³/mol. The summed E-state index contributed by atoms with van der Waals surface area (Å²) in [4.78, 5) is 20.3. The fraction of sp³-hybridized carbons (Fsp3) is 0.294. The largest absolute Gasteiger partial charge is 0.329 e. The van der Waals surface area contributed by atoms with E-state index >= 15 is 0 Å². The number of thiophene rings is 1. The molecule has 0 radical (unpaired) electrons. The van der Waals surface area contributed by atoms with Crippen molar-refractivity contribution in [2.45, 2.75) is 24.2 Å². The number of nitrogens with one attached hydrogen (secondary N) is 1. The molecular weight excluding hydrogens is 332 g/mol. The van der Waals surface area contributed by atoms with Crippen LogP contribution in [0.3, 0.4) is 0 Å². The number of hydrogen-bond acceptors (Lipinski definition) is 4. The smallest absolute Gasteiger partial charge is 0.260 e. The van der Waals surface area contributed by atoms with Crippen molar-refractivity contribution >= 4 is 21.6 Å². The van der Waals surface area contributed by atoms with Crippen LogP contribution in [-0.2, 0) is 5.41 Å². The molecule has 1 aliphatic carbocycles. The summed E-state index contributed by atoms with van der Waals surface area (Å²) in [5.41, 5.74) is 6.20. The molecule has 7 heteroatoms. The Hall–Kier alpha value is -2.12. The summed E-state index contributed by atoms with van der Waals surface area (Å²) in [7, 11) is 0. The van der Waals surface area contributed by atoms with E-state index in [2.05, 4.69) is 9.97 Å². The Morgan fingerprint density at radius 3 is 2.58 bits per heavy atom. The highest BCUT2D eigenvalue weighted by Gasteiger charge is 2.58. The van der Waals surface area contributed by atoms with Gasteiger partial charge in [-0.2, -0.15) is 0 Å². The number of aromatic amines is 1. The second-order valence-electron chi connectivity index (χ2n) is 6.30. The number of H-pyrrole nitrogens is 1. The number of halogens is 2. The maximum absolute atomic E-state index is 13.4. The van der Waals surface area contributed by atoms with Crippen molar-refractivity contribution in [3.8, 4) is 11.1 Å². The molecule has 0 amide bonds. The van der Waals surface area contributed by atoms with Gasteiger partial charge in [0.15, 0.2) is 0 Å². The number of nitrogens with zero attached hydrogens (tertiary/aromatic N) is 1. The van der Waals surface area contributed by atoms with Crippen molar-refractivity contribution in [3.05, 3.63) is 51.9 Å². The van der Waals surface area contributed by atoms with E-state index in [1.807, 2.05) is 35.7 Å². The molecule has 0 spiro atoms. The first kappa shape index (κ1) is 15.4. The molecule has 0 saturated heterocycles. The van der Waals surface area contributed by atoms with Gasteiger partial charge >= 0.3 is 0 Å². The number of fused-ring (bicyclic) bond motifs is 1. The third-order valence-corrected chi connectivity index (χ3v) is 5.49. The SMILES string of the molecule is NCC1(c2nc3scc(-c4ccccc4)c3c(=O)[nH]2)CC(F)(F)C1. The van der Waals surface area contributed by atoms with Crippen LogP contribution in [0.2, 0.25) is 0 Å². The molecule has 1 aromatic carbocycles. The molecule has 0 aliphatic heterocycles. The van der Waals surface area contributed by atoms with Gasteiger partial charge in [-0.15, -0.1) is 11.3 Å². The van der Waals surface area contributed by atoms with Crippen molar-refractivity contribution in [2.75, 3.05) is 6.54 Å². The third-order valence-electron chi connectivity index (χ3n) is 4.62. The zero-order chi connectivity index (χ0) is 16.9. The van der Waals surface area contributed by atoms with E-state index in [0.29, 0.717) is 10.2 Å². The molecule has 4 nitrogen and oxygen atoms in total. The third kappa shape index (κ3) is 2.27. The summed E-state index contributed by atoms with van der Waals surface area (Å²) in [6.07, 6.45) is -0.746. The molecule has 3 aromatic rings. The lowest BCUT2D eigenvalue weighted by atomic mass is 9.65. The first-order valence-electron chi connectivity index (χ1n) is 7.59. The van der Waals surface area contributed by atoms with Gasteiger partial charge in [0, 0.05) is 30.3 Å². The van der Waals surface area contributed by atoms with E-state index in [-0.39, 0.29) is 30.8 Å². The fourth-order valence-electron chi connectivity index (χ4n) is 3.38.